The molecule has 1 N–H and O–H groups in total. The zero-order valence-electron chi connectivity index (χ0n) is 13.6. The summed E-state index contributed by atoms with van der Waals surface area (Å²) < 4.78 is 0. The maximum atomic E-state index is 3.52. The summed E-state index contributed by atoms with van der Waals surface area (Å²) in [6.45, 7) is 13.6. The van der Waals surface area contributed by atoms with E-state index in [1.165, 1.54) is 42.7 Å². The van der Waals surface area contributed by atoms with Crippen molar-refractivity contribution >= 4 is 5.69 Å². The molecule has 1 fully saturated rings. The molecule has 20 heavy (non-hydrogen) atoms. The van der Waals surface area contributed by atoms with Gasteiger partial charge in [-0.25, -0.2) is 0 Å². The molecule has 2 rings (SSSR count). The van der Waals surface area contributed by atoms with Crippen LogP contribution in [-0.2, 0) is 6.54 Å². The number of hydrogen-bond acceptors (Lipinski definition) is 2. The van der Waals surface area contributed by atoms with Gasteiger partial charge in [-0.15, -0.1) is 0 Å². The van der Waals surface area contributed by atoms with Crippen molar-refractivity contribution in [3.05, 3.63) is 29.3 Å². The third-order valence-corrected chi connectivity index (χ3v) is 4.27. The molecule has 2 heteroatoms. The van der Waals surface area contributed by atoms with Gasteiger partial charge in [0, 0.05) is 25.3 Å². The van der Waals surface area contributed by atoms with Crippen LogP contribution >= 0.6 is 0 Å². The van der Waals surface area contributed by atoms with Gasteiger partial charge in [0.05, 0.1) is 0 Å². The molecule has 0 amide bonds. The first kappa shape index (κ1) is 15.4. The lowest BCUT2D eigenvalue weighted by Gasteiger charge is -2.33. The van der Waals surface area contributed by atoms with E-state index in [0.29, 0.717) is 5.92 Å². The molecule has 1 aromatic rings. The Labute approximate surface area is 124 Å². The Hall–Kier alpha value is -1.02. The largest absolute Gasteiger partial charge is 0.371 e. The first-order valence-electron chi connectivity index (χ1n) is 8.11. The highest BCUT2D eigenvalue weighted by Gasteiger charge is 2.17. The minimum atomic E-state index is 0.714. The second kappa shape index (κ2) is 7.12. The molecule has 0 saturated carbocycles. The molecular weight excluding hydrogens is 244 g/mol. The van der Waals surface area contributed by atoms with Crippen molar-refractivity contribution in [1.29, 1.82) is 0 Å². The van der Waals surface area contributed by atoms with Crippen LogP contribution in [0.25, 0.3) is 0 Å². The van der Waals surface area contributed by atoms with Gasteiger partial charge < -0.3 is 10.2 Å². The predicted molar refractivity (Wildman–Crippen MR) is 88.3 cm³/mol. The number of nitrogens with zero attached hydrogens (tertiary/aromatic N) is 1. The van der Waals surface area contributed by atoms with Crippen LogP contribution in [0, 0.1) is 18.8 Å². The number of hydrogen-bond donors (Lipinski definition) is 1. The van der Waals surface area contributed by atoms with Gasteiger partial charge in [-0.1, -0.05) is 32.9 Å². The maximum absolute atomic E-state index is 3.52. The molecular formula is C18H30N2. The van der Waals surface area contributed by atoms with E-state index in [9.17, 15) is 0 Å². The molecule has 2 nitrogen and oxygen atoms in total. The van der Waals surface area contributed by atoms with Crippen molar-refractivity contribution < 1.29 is 0 Å². The molecule has 1 aliphatic heterocycles. The normalized spacial score (nSPS) is 16.9. The van der Waals surface area contributed by atoms with Gasteiger partial charge in [-0.05, 0) is 55.3 Å². The quantitative estimate of drug-likeness (QED) is 0.874. The van der Waals surface area contributed by atoms with E-state index in [-0.39, 0.29) is 0 Å². The Kier molecular flexibility index (Phi) is 5.47. The average molecular weight is 274 g/mol. The van der Waals surface area contributed by atoms with Crippen LogP contribution in [0.15, 0.2) is 18.2 Å². The van der Waals surface area contributed by atoms with E-state index in [2.05, 4.69) is 56.1 Å². The number of benzene rings is 1. The van der Waals surface area contributed by atoms with Crippen molar-refractivity contribution in [2.24, 2.45) is 11.8 Å². The smallest absolute Gasteiger partial charge is 0.0396 e. The number of rotatable bonds is 5. The minimum absolute atomic E-state index is 0.714. The summed E-state index contributed by atoms with van der Waals surface area (Å²) >= 11 is 0. The molecule has 0 bridgehead atoms. The van der Waals surface area contributed by atoms with Gasteiger partial charge in [0.2, 0.25) is 0 Å². The summed E-state index contributed by atoms with van der Waals surface area (Å²) in [6, 6.07) is 6.95. The van der Waals surface area contributed by atoms with E-state index in [1.807, 2.05) is 0 Å². The molecule has 1 aliphatic rings. The summed E-state index contributed by atoms with van der Waals surface area (Å²) in [5.74, 6) is 1.61. The van der Waals surface area contributed by atoms with E-state index >= 15 is 0 Å². The molecule has 1 heterocycles. The highest BCUT2D eigenvalue weighted by Crippen LogP contribution is 2.26. The van der Waals surface area contributed by atoms with Crippen molar-refractivity contribution in [3.63, 3.8) is 0 Å². The highest BCUT2D eigenvalue weighted by molar-refractivity contribution is 5.54. The first-order chi connectivity index (χ1) is 9.56. The minimum Gasteiger partial charge on any atom is -0.371 e. The Bertz CT molecular complexity index is 417. The molecule has 0 aromatic heterocycles. The predicted octanol–water partition coefficient (Wildman–Crippen LogP) is 3.98. The lowest BCUT2D eigenvalue weighted by atomic mass is 9.98. The molecule has 0 spiro atoms. The molecule has 1 saturated heterocycles. The lowest BCUT2D eigenvalue weighted by Crippen LogP contribution is -2.33. The summed E-state index contributed by atoms with van der Waals surface area (Å²) in [4.78, 5) is 2.56. The Balaban J connectivity index is 1.95. The molecule has 0 aliphatic carbocycles. The fourth-order valence-corrected chi connectivity index (χ4v) is 2.94. The molecule has 0 atom stereocenters. The van der Waals surface area contributed by atoms with Crippen molar-refractivity contribution in [2.45, 2.75) is 47.1 Å². The Morgan fingerprint density at radius 3 is 2.55 bits per heavy atom. The van der Waals surface area contributed by atoms with Crippen LogP contribution in [0.2, 0.25) is 0 Å². The average Bonchev–Trinajstić information content (AvgIpc) is 2.40. The van der Waals surface area contributed by atoms with Crippen LogP contribution < -0.4 is 10.2 Å². The van der Waals surface area contributed by atoms with Gasteiger partial charge in [0.25, 0.3) is 0 Å². The summed E-state index contributed by atoms with van der Waals surface area (Å²) in [6.07, 6.45) is 2.66. The summed E-state index contributed by atoms with van der Waals surface area (Å²) in [5.41, 5.74) is 4.25. The van der Waals surface area contributed by atoms with Crippen LogP contribution in [-0.4, -0.2) is 19.6 Å². The zero-order chi connectivity index (χ0) is 14.5. The molecule has 112 valence electrons. The zero-order valence-corrected chi connectivity index (χ0v) is 13.6. The molecule has 0 radical (unpaired) electrons. The van der Waals surface area contributed by atoms with Crippen molar-refractivity contribution in [2.75, 3.05) is 24.5 Å². The second-order valence-corrected chi connectivity index (χ2v) is 6.82. The van der Waals surface area contributed by atoms with Gasteiger partial charge in [0.15, 0.2) is 0 Å². The fourth-order valence-electron chi connectivity index (χ4n) is 2.94. The molecule has 0 unspecified atom stereocenters. The second-order valence-electron chi connectivity index (χ2n) is 6.82. The topological polar surface area (TPSA) is 15.3 Å². The standard InChI is InChI=1S/C18H30N2/c1-14(2)12-19-13-17-5-6-18(16(4)11-17)20-9-7-15(3)8-10-20/h5-6,11,14-15,19H,7-10,12-13H2,1-4H3. The highest BCUT2D eigenvalue weighted by atomic mass is 15.1. The Morgan fingerprint density at radius 1 is 1.25 bits per heavy atom. The third-order valence-electron chi connectivity index (χ3n) is 4.27. The van der Waals surface area contributed by atoms with Crippen LogP contribution in [0.4, 0.5) is 5.69 Å². The van der Waals surface area contributed by atoms with Crippen molar-refractivity contribution in [3.8, 4) is 0 Å². The number of anilines is 1. The van der Waals surface area contributed by atoms with Gasteiger partial charge in [-0.2, -0.15) is 0 Å². The van der Waals surface area contributed by atoms with Gasteiger partial charge >= 0.3 is 0 Å². The number of piperidine rings is 1. The Morgan fingerprint density at radius 2 is 1.95 bits per heavy atom. The monoisotopic (exact) mass is 274 g/mol. The first-order valence-corrected chi connectivity index (χ1v) is 8.11. The van der Waals surface area contributed by atoms with E-state index < -0.39 is 0 Å². The van der Waals surface area contributed by atoms with Crippen LogP contribution in [0.3, 0.4) is 0 Å². The fraction of sp³-hybridized carbons (Fsp3) is 0.667. The maximum Gasteiger partial charge on any atom is 0.0396 e. The van der Waals surface area contributed by atoms with Gasteiger partial charge in [0.1, 0.15) is 0 Å². The number of aryl methyl sites for hydroxylation is 1. The summed E-state index contributed by atoms with van der Waals surface area (Å²) in [5, 5.41) is 3.52. The lowest BCUT2D eigenvalue weighted by molar-refractivity contribution is 0.438. The van der Waals surface area contributed by atoms with Crippen LogP contribution in [0.5, 0.6) is 0 Å². The van der Waals surface area contributed by atoms with Crippen LogP contribution in [0.1, 0.15) is 44.7 Å². The van der Waals surface area contributed by atoms with E-state index in [1.54, 1.807) is 0 Å². The number of nitrogens with one attached hydrogen (secondary N) is 1. The van der Waals surface area contributed by atoms with E-state index in [4.69, 9.17) is 0 Å². The third kappa shape index (κ3) is 4.24. The van der Waals surface area contributed by atoms with Gasteiger partial charge in [-0.3, -0.25) is 0 Å². The van der Waals surface area contributed by atoms with E-state index in [0.717, 1.165) is 19.0 Å². The molecule has 1 aromatic carbocycles. The van der Waals surface area contributed by atoms with Crippen molar-refractivity contribution in [1.82, 2.24) is 5.32 Å². The summed E-state index contributed by atoms with van der Waals surface area (Å²) in [7, 11) is 0. The SMILES string of the molecule is Cc1cc(CNCC(C)C)ccc1N1CCC(C)CC1.